The van der Waals surface area contributed by atoms with Gasteiger partial charge in [0.05, 0.1) is 17.4 Å². The molecule has 3 N–H and O–H groups in total. The molecule has 2 aromatic rings. The van der Waals surface area contributed by atoms with Gasteiger partial charge in [-0.1, -0.05) is 0 Å². The SMILES string of the molecule is CC(N)CC(=O)c1ccc2nc[nH]c2c1. The first-order valence-corrected chi connectivity index (χ1v) is 4.89. The number of carbonyl (C=O) groups excluding carboxylic acids is 1. The number of ketones is 1. The molecule has 0 saturated carbocycles. The van der Waals surface area contributed by atoms with Crippen LogP contribution in [0.5, 0.6) is 0 Å². The Labute approximate surface area is 87.5 Å². The molecular weight excluding hydrogens is 190 g/mol. The van der Waals surface area contributed by atoms with Crippen LogP contribution in [0.2, 0.25) is 0 Å². The molecule has 1 aromatic carbocycles. The highest BCUT2D eigenvalue weighted by Gasteiger charge is 2.09. The molecule has 0 spiro atoms. The Kier molecular flexibility index (Phi) is 2.51. The van der Waals surface area contributed by atoms with Crippen LogP contribution in [-0.4, -0.2) is 21.8 Å². The third-order valence-electron chi connectivity index (χ3n) is 2.25. The van der Waals surface area contributed by atoms with E-state index < -0.39 is 0 Å². The fourth-order valence-electron chi connectivity index (χ4n) is 1.52. The van der Waals surface area contributed by atoms with E-state index >= 15 is 0 Å². The molecule has 0 aliphatic rings. The average molecular weight is 203 g/mol. The fourth-order valence-corrected chi connectivity index (χ4v) is 1.52. The van der Waals surface area contributed by atoms with Crippen LogP contribution in [-0.2, 0) is 0 Å². The number of Topliss-reactive ketones (excluding diaryl/α,β-unsaturated/α-hetero) is 1. The van der Waals surface area contributed by atoms with Crippen LogP contribution in [0.25, 0.3) is 11.0 Å². The van der Waals surface area contributed by atoms with E-state index in [9.17, 15) is 4.79 Å². The predicted molar refractivity (Wildman–Crippen MR) is 58.7 cm³/mol. The molecule has 0 fully saturated rings. The molecule has 0 bridgehead atoms. The van der Waals surface area contributed by atoms with Crippen LogP contribution in [0.1, 0.15) is 23.7 Å². The molecule has 0 radical (unpaired) electrons. The Hall–Kier alpha value is -1.68. The minimum atomic E-state index is -0.102. The lowest BCUT2D eigenvalue weighted by atomic mass is 10.0. The van der Waals surface area contributed by atoms with Crippen molar-refractivity contribution in [2.24, 2.45) is 5.73 Å². The zero-order valence-corrected chi connectivity index (χ0v) is 8.53. The summed E-state index contributed by atoms with van der Waals surface area (Å²) in [6.45, 7) is 1.83. The molecule has 0 amide bonds. The third kappa shape index (κ3) is 2.05. The topological polar surface area (TPSA) is 71.8 Å². The molecule has 1 heterocycles. The molecule has 1 unspecified atom stereocenters. The highest BCUT2D eigenvalue weighted by molar-refractivity contribution is 5.99. The van der Waals surface area contributed by atoms with Gasteiger partial charge in [0.1, 0.15) is 0 Å². The number of rotatable bonds is 3. The van der Waals surface area contributed by atoms with Gasteiger partial charge in [-0.2, -0.15) is 0 Å². The predicted octanol–water partition coefficient (Wildman–Crippen LogP) is 1.48. The van der Waals surface area contributed by atoms with Crippen molar-refractivity contribution in [3.05, 3.63) is 30.1 Å². The van der Waals surface area contributed by atoms with Gasteiger partial charge in [0.15, 0.2) is 5.78 Å². The zero-order chi connectivity index (χ0) is 10.8. The van der Waals surface area contributed by atoms with Crippen molar-refractivity contribution in [3.8, 4) is 0 Å². The number of aromatic amines is 1. The van der Waals surface area contributed by atoms with Crippen LogP contribution in [0.3, 0.4) is 0 Å². The molecule has 2 rings (SSSR count). The maximum absolute atomic E-state index is 11.7. The van der Waals surface area contributed by atoms with E-state index in [2.05, 4.69) is 9.97 Å². The average Bonchev–Trinajstić information content (AvgIpc) is 2.62. The molecule has 1 aromatic heterocycles. The van der Waals surface area contributed by atoms with Crippen molar-refractivity contribution in [3.63, 3.8) is 0 Å². The zero-order valence-electron chi connectivity index (χ0n) is 8.53. The summed E-state index contributed by atoms with van der Waals surface area (Å²) in [6, 6.07) is 5.33. The Balaban J connectivity index is 2.31. The summed E-state index contributed by atoms with van der Waals surface area (Å²) in [5.74, 6) is 0.0708. The summed E-state index contributed by atoms with van der Waals surface area (Å²) in [4.78, 5) is 18.8. The molecule has 1 atom stereocenters. The van der Waals surface area contributed by atoms with Gasteiger partial charge in [-0.05, 0) is 25.1 Å². The summed E-state index contributed by atoms with van der Waals surface area (Å²) in [5, 5.41) is 0. The molecule has 0 aliphatic heterocycles. The van der Waals surface area contributed by atoms with Crippen LogP contribution in [0.15, 0.2) is 24.5 Å². The largest absolute Gasteiger partial charge is 0.345 e. The maximum atomic E-state index is 11.7. The number of nitrogens with one attached hydrogen (secondary N) is 1. The minimum absolute atomic E-state index is 0.0708. The van der Waals surface area contributed by atoms with Crippen molar-refractivity contribution in [2.45, 2.75) is 19.4 Å². The van der Waals surface area contributed by atoms with Crippen molar-refractivity contribution in [1.29, 1.82) is 0 Å². The van der Waals surface area contributed by atoms with Crippen LogP contribution in [0.4, 0.5) is 0 Å². The Morgan fingerprint density at radius 2 is 2.40 bits per heavy atom. The number of aromatic nitrogens is 2. The van der Waals surface area contributed by atoms with Gasteiger partial charge in [0.2, 0.25) is 0 Å². The van der Waals surface area contributed by atoms with E-state index in [4.69, 9.17) is 5.73 Å². The first-order valence-electron chi connectivity index (χ1n) is 4.89. The van der Waals surface area contributed by atoms with Crippen LogP contribution in [0, 0.1) is 0 Å². The van der Waals surface area contributed by atoms with Gasteiger partial charge in [-0.15, -0.1) is 0 Å². The monoisotopic (exact) mass is 203 g/mol. The molecule has 0 aliphatic carbocycles. The number of nitrogens with two attached hydrogens (primary N) is 1. The van der Waals surface area contributed by atoms with E-state index in [0.29, 0.717) is 12.0 Å². The Bertz CT molecular complexity index is 487. The first-order chi connectivity index (χ1) is 7.16. The molecule has 15 heavy (non-hydrogen) atoms. The van der Waals surface area contributed by atoms with Gasteiger partial charge >= 0.3 is 0 Å². The van der Waals surface area contributed by atoms with E-state index in [-0.39, 0.29) is 11.8 Å². The summed E-state index contributed by atoms with van der Waals surface area (Å²) >= 11 is 0. The number of H-pyrrole nitrogens is 1. The fraction of sp³-hybridized carbons (Fsp3) is 0.273. The summed E-state index contributed by atoms with van der Waals surface area (Å²) in [7, 11) is 0. The quantitative estimate of drug-likeness (QED) is 0.742. The van der Waals surface area contributed by atoms with Gasteiger partial charge in [0, 0.05) is 18.0 Å². The van der Waals surface area contributed by atoms with Gasteiger partial charge in [-0.3, -0.25) is 4.79 Å². The first kappa shape index (κ1) is 9.86. The van der Waals surface area contributed by atoms with Crippen molar-refractivity contribution in [1.82, 2.24) is 9.97 Å². The van der Waals surface area contributed by atoms with Crippen molar-refractivity contribution in [2.75, 3.05) is 0 Å². The van der Waals surface area contributed by atoms with E-state index in [1.54, 1.807) is 12.4 Å². The Morgan fingerprint density at radius 1 is 1.60 bits per heavy atom. The lowest BCUT2D eigenvalue weighted by molar-refractivity contribution is 0.0976. The maximum Gasteiger partial charge on any atom is 0.164 e. The number of hydrogen-bond acceptors (Lipinski definition) is 3. The molecule has 78 valence electrons. The van der Waals surface area contributed by atoms with Crippen LogP contribution < -0.4 is 5.73 Å². The molecule has 0 saturated heterocycles. The minimum Gasteiger partial charge on any atom is -0.345 e. The number of carbonyl (C=O) groups is 1. The van der Waals surface area contributed by atoms with Crippen molar-refractivity contribution < 1.29 is 4.79 Å². The summed E-state index contributed by atoms with van der Waals surface area (Å²) in [5.41, 5.74) is 8.01. The number of benzene rings is 1. The standard InChI is InChI=1S/C11H13N3O/c1-7(12)4-11(15)8-2-3-9-10(5-8)14-6-13-9/h2-3,5-7H,4,12H2,1H3,(H,13,14). The third-order valence-corrected chi connectivity index (χ3v) is 2.25. The lowest BCUT2D eigenvalue weighted by Gasteiger charge is -2.03. The molecule has 4 heteroatoms. The highest BCUT2D eigenvalue weighted by atomic mass is 16.1. The molecule has 4 nitrogen and oxygen atoms in total. The van der Waals surface area contributed by atoms with Gasteiger partial charge in [0.25, 0.3) is 0 Å². The summed E-state index contributed by atoms with van der Waals surface area (Å²) in [6.07, 6.45) is 1.99. The normalized spacial score (nSPS) is 12.9. The number of fused-ring (bicyclic) bond motifs is 1. The van der Waals surface area contributed by atoms with E-state index in [0.717, 1.165) is 11.0 Å². The Morgan fingerprint density at radius 3 is 3.13 bits per heavy atom. The number of imidazole rings is 1. The molecular formula is C11H13N3O. The van der Waals surface area contributed by atoms with E-state index in [1.807, 2.05) is 19.1 Å². The highest BCUT2D eigenvalue weighted by Crippen LogP contribution is 2.13. The second kappa shape index (κ2) is 3.82. The van der Waals surface area contributed by atoms with Gasteiger partial charge < -0.3 is 10.7 Å². The van der Waals surface area contributed by atoms with Crippen molar-refractivity contribution >= 4 is 16.8 Å². The summed E-state index contributed by atoms with van der Waals surface area (Å²) < 4.78 is 0. The second-order valence-corrected chi connectivity index (χ2v) is 3.74. The number of nitrogens with zero attached hydrogens (tertiary/aromatic N) is 1. The smallest absolute Gasteiger partial charge is 0.164 e. The second-order valence-electron chi connectivity index (χ2n) is 3.74. The number of hydrogen-bond donors (Lipinski definition) is 2. The van der Waals surface area contributed by atoms with Gasteiger partial charge in [-0.25, -0.2) is 4.98 Å². The lowest BCUT2D eigenvalue weighted by Crippen LogP contribution is -2.19. The van der Waals surface area contributed by atoms with E-state index in [1.165, 1.54) is 0 Å². The van der Waals surface area contributed by atoms with Crippen LogP contribution >= 0.6 is 0 Å².